The topological polar surface area (TPSA) is 53.8 Å². The first-order valence-corrected chi connectivity index (χ1v) is 10.7. The molecule has 0 aliphatic carbocycles. The van der Waals surface area contributed by atoms with Crippen molar-refractivity contribution in [3.8, 4) is 0 Å². The van der Waals surface area contributed by atoms with Crippen LogP contribution in [0.1, 0.15) is 26.5 Å². The highest BCUT2D eigenvalue weighted by Gasteiger charge is 2.27. The van der Waals surface area contributed by atoms with Gasteiger partial charge in [0.1, 0.15) is 5.82 Å². The van der Waals surface area contributed by atoms with E-state index in [1.165, 1.54) is 24.1 Å². The smallest absolute Gasteiger partial charge is 0.289 e. The lowest BCUT2D eigenvalue weighted by Gasteiger charge is -2.34. The monoisotopic (exact) mass is 424 g/mol. The Morgan fingerprint density at radius 2 is 1.53 bits per heavy atom. The molecule has 0 saturated carbocycles. The van der Waals surface area contributed by atoms with Crippen LogP contribution in [-0.4, -0.2) is 47.8 Å². The number of hydrogen-bond donors (Lipinski definition) is 0. The second-order valence-electron chi connectivity index (χ2n) is 6.94. The average Bonchev–Trinajstić information content (AvgIpc) is 3.33. The maximum Gasteiger partial charge on any atom is 0.289 e. The largest absolute Gasteiger partial charge is 0.459 e. The number of piperazine rings is 1. The first-order chi connectivity index (χ1) is 14.6. The van der Waals surface area contributed by atoms with E-state index >= 15 is 0 Å². The molecular formula is C23H21FN2O3S. The van der Waals surface area contributed by atoms with Crippen molar-refractivity contribution in [1.29, 1.82) is 0 Å². The van der Waals surface area contributed by atoms with Gasteiger partial charge in [0.15, 0.2) is 5.76 Å². The van der Waals surface area contributed by atoms with E-state index in [0.29, 0.717) is 48.8 Å². The quantitative estimate of drug-likeness (QED) is 0.573. The molecule has 1 aromatic heterocycles. The van der Waals surface area contributed by atoms with Gasteiger partial charge in [-0.25, -0.2) is 4.39 Å². The Morgan fingerprint density at radius 3 is 2.23 bits per heavy atom. The van der Waals surface area contributed by atoms with Crippen LogP contribution in [0, 0.1) is 5.82 Å². The van der Waals surface area contributed by atoms with Crippen LogP contribution >= 0.6 is 11.8 Å². The number of halogens is 1. The molecule has 5 nitrogen and oxygen atoms in total. The van der Waals surface area contributed by atoms with Crippen molar-refractivity contribution in [1.82, 2.24) is 9.80 Å². The van der Waals surface area contributed by atoms with E-state index in [9.17, 15) is 14.0 Å². The third-order valence-electron chi connectivity index (χ3n) is 5.04. The summed E-state index contributed by atoms with van der Waals surface area (Å²) < 4.78 is 19.1. The lowest BCUT2D eigenvalue weighted by molar-refractivity contribution is 0.0516. The van der Waals surface area contributed by atoms with E-state index in [-0.39, 0.29) is 17.6 Å². The van der Waals surface area contributed by atoms with E-state index in [1.807, 2.05) is 18.2 Å². The zero-order chi connectivity index (χ0) is 20.9. The average molecular weight is 424 g/mol. The van der Waals surface area contributed by atoms with Crippen LogP contribution in [0.15, 0.2) is 76.2 Å². The molecule has 1 aliphatic heterocycles. The van der Waals surface area contributed by atoms with Crippen molar-refractivity contribution >= 4 is 23.6 Å². The summed E-state index contributed by atoms with van der Waals surface area (Å²) in [5.74, 6) is 0.281. The summed E-state index contributed by atoms with van der Waals surface area (Å²) in [6, 6.07) is 17.4. The van der Waals surface area contributed by atoms with Gasteiger partial charge in [0, 0.05) is 36.8 Å². The predicted octanol–water partition coefficient (Wildman–Crippen LogP) is 4.31. The molecule has 7 heteroatoms. The number of carbonyl (C=O) groups excluding carboxylic acids is 2. The molecule has 0 N–H and O–H groups in total. The molecule has 0 radical (unpaired) electrons. The van der Waals surface area contributed by atoms with Gasteiger partial charge in [-0.2, -0.15) is 0 Å². The van der Waals surface area contributed by atoms with Gasteiger partial charge in [0.25, 0.3) is 11.8 Å². The molecule has 2 heterocycles. The lowest BCUT2D eigenvalue weighted by atomic mass is 10.1. The second-order valence-corrected chi connectivity index (χ2v) is 7.96. The van der Waals surface area contributed by atoms with E-state index in [0.717, 1.165) is 4.90 Å². The van der Waals surface area contributed by atoms with Crippen molar-refractivity contribution < 1.29 is 18.4 Å². The Labute approximate surface area is 178 Å². The Kier molecular flexibility index (Phi) is 6.18. The highest BCUT2D eigenvalue weighted by Crippen LogP contribution is 2.28. The number of hydrogen-bond acceptors (Lipinski definition) is 4. The Morgan fingerprint density at radius 1 is 0.867 bits per heavy atom. The van der Waals surface area contributed by atoms with Crippen molar-refractivity contribution in [3.63, 3.8) is 0 Å². The lowest BCUT2D eigenvalue weighted by Crippen LogP contribution is -2.50. The van der Waals surface area contributed by atoms with Crippen LogP contribution in [0.3, 0.4) is 0 Å². The Hall–Kier alpha value is -3.06. The summed E-state index contributed by atoms with van der Waals surface area (Å²) >= 11 is 1.45. The molecule has 1 saturated heterocycles. The number of amides is 2. The molecule has 2 amide bonds. The van der Waals surface area contributed by atoms with Gasteiger partial charge < -0.3 is 14.2 Å². The number of nitrogens with zero attached hydrogens (tertiary/aromatic N) is 2. The zero-order valence-electron chi connectivity index (χ0n) is 16.3. The molecule has 4 rings (SSSR count). The minimum Gasteiger partial charge on any atom is -0.459 e. The van der Waals surface area contributed by atoms with Crippen LogP contribution in [0.5, 0.6) is 0 Å². The maximum atomic E-state index is 13.9. The molecule has 0 atom stereocenters. The summed E-state index contributed by atoms with van der Waals surface area (Å²) in [4.78, 5) is 29.8. The van der Waals surface area contributed by atoms with Crippen LogP contribution in [0.2, 0.25) is 0 Å². The van der Waals surface area contributed by atoms with Crippen molar-refractivity contribution in [2.45, 2.75) is 10.6 Å². The van der Waals surface area contributed by atoms with Crippen molar-refractivity contribution in [2.24, 2.45) is 0 Å². The predicted molar refractivity (Wildman–Crippen MR) is 113 cm³/mol. The van der Waals surface area contributed by atoms with Gasteiger partial charge in [-0.05, 0) is 35.9 Å². The first-order valence-electron chi connectivity index (χ1n) is 9.71. The molecule has 30 heavy (non-hydrogen) atoms. The van der Waals surface area contributed by atoms with Crippen molar-refractivity contribution in [2.75, 3.05) is 26.2 Å². The summed E-state index contributed by atoms with van der Waals surface area (Å²) in [6.45, 7) is 1.82. The fourth-order valence-corrected chi connectivity index (χ4v) is 4.41. The standard InChI is InChI=1S/C23H21FN2O3S/c24-19-8-3-1-6-17(19)16-30-21-10-4-2-7-18(21)22(27)25-11-13-26(14-12-25)23(28)20-9-5-15-29-20/h1-10,15H,11-14,16H2. The van der Waals surface area contributed by atoms with Crippen LogP contribution in [0.4, 0.5) is 4.39 Å². The van der Waals surface area contributed by atoms with Gasteiger partial charge >= 0.3 is 0 Å². The molecule has 0 bridgehead atoms. The maximum absolute atomic E-state index is 13.9. The molecule has 1 fully saturated rings. The van der Waals surface area contributed by atoms with E-state index in [4.69, 9.17) is 4.42 Å². The minimum atomic E-state index is -0.244. The van der Waals surface area contributed by atoms with Gasteiger partial charge in [-0.1, -0.05) is 30.3 Å². The number of benzene rings is 2. The number of furan rings is 1. The summed E-state index contributed by atoms with van der Waals surface area (Å²) in [5, 5.41) is 0. The van der Waals surface area contributed by atoms with E-state index in [1.54, 1.807) is 46.2 Å². The molecule has 154 valence electrons. The number of carbonyl (C=O) groups is 2. The summed E-state index contributed by atoms with van der Waals surface area (Å²) in [7, 11) is 0. The third kappa shape index (κ3) is 4.41. The van der Waals surface area contributed by atoms with E-state index < -0.39 is 0 Å². The fraction of sp³-hybridized carbons (Fsp3) is 0.217. The van der Waals surface area contributed by atoms with Crippen LogP contribution in [0.25, 0.3) is 0 Å². The summed E-state index contributed by atoms with van der Waals surface area (Å²) in [6.07, 6.45) is 1.48. The highest BCUT2D eigenvalue weighted by molar-refractivity contribution is 7.98. The molecule has 2 aromatic carbocycles. The fourth-order valence-electron chi connectivity index (χ4n) is 3.38. The molecule has 3 aromatic rings. The van der Waals surface area contributed by atoms with Crippen molar-refractivity contribution in [3.05, 3.63) is 89.6 Å². The minimum absolute atomic E-state index is 0.0725. The molecular weight excluding hydrogens is 403 g/mol. The van der Waals surface area contributed by atoms with Gasteiger partial charge in [-0.3, -0.25) is 9.59 Å². The van der Waals surface area contributed by atoms with Gasteiger partial charge in [-0.15, -0.1) is 11.8 Å². The third-order valence-corrected chi connectivity index (χ3v) is 6.17. The molecule has 1 aliphatic rings. The Balaban J connectivity index is 1.40. The van der Waals surface area contributed by atoms with E-state index in [2.05, 4.69) is 0 Å². The first kappa shape index (κ1) is 20.2. The number of rotatable bonds is 5. The highest BCUT2D eigenvalue weighted by atomic mass is 32.2. The van der Waals surface area contributed by atoms with Gasteiger partial charge in [0.2, 0.25) is 0 Å². The SMILES string of the molecule is O=C(c1ccco1)N1CCN(C(=O)c2ccccc2SCc2ccccc2F)CC1. The molecule has 0 spiro atoms. The molecule has 0 unspecified atom stereocenters. The second kappa shape index (κ2) is 9.17. The zero-order valence-corrected chi connectivity index (χ0v) is 17.1. The van der Waals surface area contributed by atoms with Crippen LogP contribution < -0.4 is 0 Å². The van der Waals surface area contributed by atoms with Gasteiger partial charge in [0.05, 0.1) is 11.8 Å². The normalized spacial score (nSPS) is 14.0. The number of thioether (sulfide) groups is 1. The van der Waals surface area contributed by atoms with Crippen LogP contribution in [-0.2, 0) is 5.75 Å². The Bertz CT molecular complexity index is 1030. The summed E-state index contributed by atoms with van der Waals surface area (Å²) in [5.41, 5.74) is 1.21.